The maximum Gasteiger partial charge on any atom is 0.319 e. The van der Waals surface area contributed by atoms with Crippen LogP contribution in [0.15, 0.2) is 48.7 Å². The van der Waals surface area contributed by atoms with Gasteiger partial charge in [0.1, 0.15) is 53.4 Å². The lowest BCUT2D eigenvalue weighted by Crippen LogP contribution is -2.45. The highest BCUT2D eigenvalue weighted by atomic mass is 19.1. The van der Waals surface area contributed by atoms with E-state index in [1.165, 1.54) is 30.3 Å². The molecule has 0 spiro atoms. The van der Waals surface area contributed by atoms with Gasteiger partial charge < -0.3 is 30.0 Å². The van der Waals surface area contributed by atoms with E-state index in [4.69, 9.17) is 31.4 Å². The summed E-state index contributed by atoms with van der Waals surface area (Å²) in [5, 5.41) is 11.7. The van der Waals surface area contributed by atoms with Gasteiger partial charge >= 0.3 is 6.01 Å². The van der Waals surface area contributed by atoms with Crippen molar-refractivity contribution in [3.05, 3.63) is 71.4 Å². The molecule has 0 unspecified atom stereocenters. The Kier molecular flexibility index (Phi) is 7.38. The smallest absolute Gasteiger partial charge is 0.319 e. The molecule has 9 rings (SSSR count). The van der Waals surface area contributed by atoms with Crippen molar-refractivity contribution in [2.45, 2.75) is 49.7 Å². The van der Waals surface area contributed by atoms with Crippen molar-refractivity contribution in [1.29, 1.82) is 0 Å². The summed E-state index contributed by atoms with van der Waals surface area (Å²) < 4.78 is 65.9. The van der Waals surface area contributed by atoms with Crippen LogP contribution < -0.4 is 20.1 Å². The molecule has 260 valence electrons. The van der Waals surface area contributed by atoms with E-state index >= 15 is 8.78 Å². The van der Waals surface area contributed by atoms with Crippen LogP contribution in [-0.4, -0.2) is 81.7 Å². The SMILES string of the molecule is C#Cc1c(F)ccc2cc(O)cc(-c3cc4c5c(nc(OC[C@@]67CCCN6C[C@H](F)C7)nc5c3F)N(Cc3cccnc3N)[C@@H]3COC[C@@H]3O4)c12. The zero-order valence-electron chi connectivity index (χ0n) is 27.4. The number of nitrogens with zero attached hydrogens (tertiary/aromatic N) is 5. The van der Waals surface area contributed by atoms with Crippen molar-refractivity contribution in [1.82, 2.24) is 19.9 Å². The van der Waals surface area contributed by atoms with Gasteiger partial charge in [-0.25, -0.2) is 18.2 Å². The molecule has 3 fully saturated rings. The number of hydrogen-bond acceptors (Lipinski definition) is 10. The van der Waals surface area contributed by atoms with Gasteiger partial charge in [0.15, 0.2) is 5.82 Å². The molecule has 3 aromatic carbocycles. The van der Waals surface area contributed by atoms with Crippen LogP contribution in [0.2, 0.25) is 0 Å². The Morgan fingerprint density at radius 1 is 1.12 bits per heavy atom. The number of phenolic OH excluding ortho intramolecular Hbond substituents is 1. The number of nitrogen functional groups attached to an aromatic ring is 1. The largest absolute Gasteiger partial charge is 0.508 e. The van der Waals surface area contributed by atoms with Gasteiger partial charge in [-0.05, 0) is 60.7 Å². The topological polar surface area (TPSA) is 119 Å². The summed E-state index contributed by atoms with van der Waals surface area (Å²) in [6.07, 6.45) is 7.90. The number of fused-ring (bicyclic) bond motifs is 3. The molecular formula is C38H33F3N6O4. The van der Waals surface area contributed by atoms with Gasteiger partial charge in [0.25, 0.3) is 0 Å². The van der Waals surface area contributed by atoms with Crippen LogP contribution in [0.4, 0.5) is 24.8 Å². The quantitative estimate of drug-likeness (QED) is 0.220. The zero-order valence-corrected chi connectivity index (χ0v) is 27.4. The van der Waals surface area contributed by atoms with Crippen molar-refractivity contribution in [2.75, 3.05) is 43.5 Å². The summed E-state index contributed by atoms with van der Waals surface area (Å²) in [5.41, 5.74) is 6.45. The van der Waals surface area contributed by atoms with Gasteiger partial charge in [-0.2, -0.15) is 9.97 Å². The molecule has 0 aliphatic carbocycles. The highest BCUT2D eigenvalue weighted by Gasteiger charge is 2.49. The Hall–Kier alpha value is -5.32. The Balaban J connectivity index is 1.27. The number of aromatic hydroxyl groups is 1. The first kappa shape index (κ1) is 31.6. The van der Waals surface area contributed by atoms with E-state index in [1.807, 2.05) is 11.0 Å². The Morgan fingerprint density at radius 3 is 2.84 bits per heavy atom. The van der Waals surface area contributed by atoms with Crippen molar-refractivity contribution in [3.63, 3.8) is 0 Å². The number of pyridine rings is 1. The lowest BCUT2D eigenvalue weighted by Gasteiger charge is -2.32. The first-order chi connectivity index (χ1) is 24.7. The molecule has 3 saturated heterocycles. The van der Waals surface area contributed by atoms with E-state index in [0.717, 1.165) is 19.4 Å². The van der Waals surface area contributed by atoms with Gasteiger partial charge in [0.2, 0.25) is 0 Å². The Labute approximate surface area is 291 Å². The molecule has 3 N–H and O–H groups in total. The van der Waals surface area contributed by atoms with Crippen LogP contribution >= 0.6 is 0 Å². The maximum absolute atomic E-state index is 17.3. The molecule has 6 heterocycles. The first-order valence-electron chi connectivity index (χ1n) is 16.9. The summed E-state index contributed by atoms with van der Waals surface area (Å²) in [6.45, 7) is 2.00. The highest BCUT2D eigenvalue weighted by Crippen LogP contribution is 2.47. The van der Waals surface area contributed by atoms with Crippen molar-refractivity contribution < 1.29 is 32.5 Å². The predicted octanol–water partition coefficient (Wildman–Crippen LogP) is 5.51. The third-order valence-electron chi connectivity index (χ3n) is 10.8. The second-order valence-electron chi connectivity index (χ2n) is 13.7. The normalized spacial score (nSPS) is 24.0. The number of nitrogens with two attached hydrogens (primary N) is 1. The van der Waals surface area contributed by atoms with E-state index in [2.05, 4.69) is 20.8 Å². The number of benzene rings is 3. The number of ether oxygens (including phenoxy) is 3. The summed E-state index contributed by atoms with van der Waals surface area (Å²) >= 11 is 0. The molecule has 2 aromatic heterocycles. The molecule has 4 atom stereocenters. The average Bonchev–Trinajstić information content (AvgIpc) is 3.80. The molecule has 0 bridgehead atoms. The fourth-order valence-electron chi connectivity index (χ4n) is 8.40. The molecule has 0 amide bonds. The highest BCUT2D eigenvalue weighted by molar-refractivity contribution is 6.06. The van der Waals surface area contributed by atoms with Crippen molar-refractivity contribution in [3.8, 4) is 41.0 Å². The Morgan fingerprint density at radius 2 is 2.00 bits per heavy atom. The maximum atomic E-state index is 17.3. The van der Waals surface area contributed by atoms with Gasteiger partial charge in [-0.3, -0.25) is 4.90 Å². The molecule has 4 aliphatic rings. The molecular weight excluding hydrogens is 661 g/mol. The molecule has 10 nitrogen and oxygen atoms in total. The lowest BCUT2D eigenvalue weighted by atomic mass is 9.92. The molecule has 4 aliphatic heterocycles. The first-order valence-corrected chi connectivity index (χ1v) is 16.9. The molecule has 5 aromatic rings. The summed E-state index contributed by atoms with van der Waals surface area (Å²) in [4.78, 5) is 17.9. The molecule has 0 saturated carbocycles. The van der Waals surface area contributed by atoms with Crippen molar-refractivity contribution >= 4 is 33.3 Å². The lowest BCUT2D eigenvalue weighted by molar-refractivity contribution is 0.107. The number of anilines is 2. The standard InChI is InChI=1S/C38H33F3N6O4/c1-2-24-27(40)7-6-20-11-23(48)12-25(31(20)24)26-13-29-32-34(33(26)41)44-37(50-19-38-8-4-10-46(38)16-22(39)14-38)45-36(32)47(28-17-49-18-30(28)51-29)15-21-5-3-9-43-35(21)42/h1,3,5-7,9,11-13,22,28,30,48H,4,8,10,14-19H2,(H2,42,43)/t22-,28-,30+,38+/m1/s1. The van der Waals surface area contributed by atoms with E-state index in [0.29, 0.717) is 40.9 Å². The van der Waals surface area contributed by atoms with Crippen LogP contribution in [0.3, 0.4) is 0 Å². The molecule has 51 heavy (non-hydrogen) atoms. The fraction of sp³-hybridized carbons (Fsp3) is 0.342. The van der Waals surface area contributed by atoms with Crippen LogP contribution in [-0.2, 0) is 11.3 Å². The second kappa shape index (κ2) is 11.9. The third-order valence-corrected chi connectivity index (χ3v) is 10.8. The number of terminal acetylenes is 1. The Bertz CT molecular complexity index is 2280. The van der Waals surface area contributed by atoms with Crippen LogP contribution in [0, 0.1) is 24.0 Å². The van der Waals surface area contributed by atoms with Gasteiger partial charge in [0, 0.05) is 42.2 Å². The minimum Gasteiger partial charge on any atom is -0.508 e. The summed E-state index contributed by atoms with van der Waals surface area (Å²) in [5.74, 6) is 1.72. The number of aromatic nitrogens is 3. The van der Waals surface area contributed by atoms with Crippen LogP contribution in [0.25, 0.3) is 32.8 Å². The van der Waals surface area contributed by atoms with Crippen LogP contribution in [0.5, 0.6) is 17.5 Å². The van der Waals surface area contributed by atoms with E-state index in [9.17, 15) is 9.50 Å². The number of phenols is 1. The number of hydrogen-bond donors (Lipinski definition) is 2. The fourth-order valence-corrected chi connectivity index (χ4v) is 8.40. The van der Waals surface area contributed by atoms with Gasteiger partial charge in [0.05, 0.1) is 35.7 Å². The predicted molar refractivity (Wildman–Crippen MR) is 184 cm³/mol. The number of alkyl halides is 1. The summed E-state index contributed by atoms with van der Waals surface area (Å²) in [7, 11) is 0. The molecule has 13 heteroatoms. The van der Waals surface area contributed by atoms with Gasteiger partial charge in [-0.15, -0.1) is 6.42 Å². The van der Waals surface area contributed by atoms with Gasteiger partial charge in [-0.1, -0.05) is 18.1 Å². The second-order valence-corrected chi connectivity index (χ2v) is 13.7. The van der Waals surface area contributed by atoms with E-state index in [-0.39, 0.29) is 77.5 Å². The average molecular weight is 695 g/mol. The van der Waals surface area contributed by atoms with E-state index < -0.39 is 29.4 Å². The zero-order chi connectivity index (χ0) is 35.0. The van der Waals surface area contributed by atoms with E-state index in [1.54, 1.807) is 12.3 Å². The third kappa shape index (κ3) is 5.07. The minimum absolute atomic E-state index is 0.0202. The summed E-state index contributed by atoms with van der Waals surface area (Å²) in [6, 6.07) is 10.2. The van der Waals surface area contributed by atoms with Crippen molar-refractivity contribution in [2.24, 2.45) is 0 Å². The number of halogens is 3. The monoisotopic (exact) mass is 694 g/mol. The molecule has 0 radical (unpaired) electrons. The minimum atomic E-state index is -0.967. The number of rotatable bonds is 6. The van der Waals surface area contributed by atoms with Crippen LogP contribution in [0.1, 0.15) is 30.4 Å².